The largest absolute Gasteiger partial charge is 0.494 e. The van der Waals surface area contributed by atoms with E-state index < -0.39 is 0 Å². The first kappa shape index (κ1) is 23.7. The predicted molar refractivity (Wildman–Crippen MR) is 122 cm³/mol. The van der Waals surface area contributed by atoms with Crippen LogP contribution in [0.25, 0.3) is 0 Å². The number of ether oxygens (including phenoxy) is 2. The zero-order valence-corrected chi connectivity index (χ0v) is 19.1. The van der Waals surface area contributed by atoms with Crippen molar-refractivity contribution in [3.63, 3.8) is 0 Å². The SMILES string of the molecule is CCNC(=NCCCCOc1ccccc1)NC(C)c1nc(C)c(C(=O)OCC)s1. The van der Waals surface area contributed by atoms with Crippen molar-refractivity contribution in [1.82, 2.24) is 15.6 Å². The molecule has 0 radical (unpaired) electrons. The number of aryl methyl sites for hydroxylation is 1. The van der Waals surface area contributed by atoms with Gasteiger partial charge in [-0.15, -0.1) is 11.3 Å². The number of esters is 1. The molecule has 164 valence electrons. The average Bonchev–Trinajstić information content (AvgIpc) is 3.13. The molecule has 1 heterocycles. The number of thiazole rings is 1. The van der Waals surface area contributed by atoms with Gasteiger partial charge in [0.05, 0.1) is 24.9 Å². The van der Waals surface area contributed by atoms with E-state index in [4.69, 9.17) is 9.47 Å². The number of aliphatic imine (C=N–C) groups is 1. The van der Waals surface area contributed by atoms with Gasteiger partial charge in [-0.2, -0.15) is 0 Å². The number of hydrogen-bond acceptors (Lipinski definition) is 6. The number of rotatable bonds is 11. The van der Waals surface area contributed by atoms with Crippen LogP contribution in [-0.2, 0) is 4.74 Å². The fraction of sp³-hybridized carbons (Fsp3) is 0.500. The van der Waals surface area contributed by atoms with E-state index in [-0.39, 0.29) is 12.0 Å². The Balaban J connectivity index is 1.83. The van der Waals surface area contributed by atoms with E-state index in [0.29, 0.717) is 30.3 Å². The number of guanidine groups is 1. The number of nitrogens with zero attached hydrogens (tertiary/aromatic N) is 2. The van der Waals surface area contributed by atoms with E-state index in [0.717, 1.165) is 36.1 Å². The van der Waals surface area contributed by atoms with Gasteiger partial charge in [0, 0.05) is 13.1 Å². The first-order valence-corrected chi connectivity index (χ1v) is 11.2. The molecule has 2 N–H and O–H groups in total. The number of nitrogens with one attached hydrogen (secondary N) is 2. The Morgan fingerprint density at radius 3 is 2.70 bits per heavy atom. The van der Waals surface area contributed by atoms with E-state index in [2.05, 4.69) is 20.6 Å². The van der Waals surface area contributed by atoms with Crippen molar-refractivity contribution < 1.29 is 14.3 Å². The summed E-state index contributed by atoms with van der Waals surface area (Å²) in [5.74, 6) is 1.31. The number of para-hydroxylation sites is 1. The molecule has 0 aliphatic rings. The van der Waals surface area contributed by atoms with Crippen LogP contribution < -0.4 is 15.4 Å². The zero-order chi connectivity index (χ0) is 21.8. The van der Waals surface area contributed by atoms with E-state index in [1.165, 1.54) is 11.3 Å². The van der Waals surface area contributed by atoms with Gasteiger partial charge in [0.15, 0.2) is 5.96 Å². The minimum absolute atomic E-state index is 0.0731. The van der Waals surface area contributed by atoms with E-state index >= 15 is 0 Å². The standard InChI is InChI=1S/C22H32N4O3S/c1-5-23-22(24-14-10-11-15-29-18-12-8-7-9-13-18)26-17(4)20-25-16(3)19(30-20)21(27)28-6-2/h7-9,12-13,17H,5-6,10-11,14-15H2,1-4H3,(H2,23,24,26). The van der Waals surface area contributed by atoms with Crippen LogP contribution in [0.15, 0.2) is 35.3 Å². The van der Waals surface area contributed by atoms with Crippen LogP contribution in [0.3, 0.4) is 0 Å². The summed E-state index contributed by atoms with van der Waals surface area (Å²) in [5, 5.41) is 7.45. The lowest BCUT2D eigenvalue weighted by Gasteiger charge is -2.16. The summed E-state index contributed by atoms with van der Waals surface area (Å²) in [7, 11) is 0. The molecular weight excluding hydrogens is 400 g/mol. The molecule has 0 saturated heterocycles. The van der Waals surface area contributed by atoms with Crippen molar-refractivity contribution in [1.29, 1.82) is 0 Å². The summed E-state index contributed by atoms with van der Waals surface area (Å²) >= 11 is 1.36. The van der Waals surface area contributed by atoms with Gasteiger partial charge in [0.25, 0.3) is 0 Å². The number of hydrogen-bond donors (Lipinski definition) is 2. The maximum Gasteiger partial charge on any atom is 0.350 e. The normalized spacial score (nSPS) is 12.3. The van der Waals surface area contributed by atoms with Crippen molar-refractivity contribution in [3.05, 3.63) is 45.9 Å². The highest BCUT2D eigenvalue weighted by molar-refractivity contribution is 7.13. The van der Waals surface area contributed by atoms with E-state index in [1.54, 1.807) is 6.92 Å². The predicted octanol–water partition coefficient (Wildman–Crippen LogP) is 4.10. The Morgan fingerprint density at radius 1 is 1.23 bits per heavy atom. The van der Waals surface area contributed by atoms with Crippen LogP contribution in [-0.4, -0.2) is 43.2 Å². The molecule has 8 heteroatoms. The third kappa shape index (κ3) is 7.67. The average molecular weight is 433 g/mol. The van der Waals surface area contributed by atoms with Crippen molar-refractivity contribution in [2.45, 2.75) is 46.6 Å². The van der Waals surface area contributed by atoms with Crippen LogP contribution in [0.5, 0.6) is 5.75 Å². The van der Waals surface area contributed by atoms with Crippen LogP contribution in [0.4, 0.5) is 0 Å². The molecule has 0 fully saturated rings. The van der Waals surface area contributed by atoms with Crippen molar-refractivity contribution in [2.75, 3.05) is 26.3 Å². The second-order valence-corrected chi connectivity index (χ2v) is 7.71. The Hall–Kier alpha value is -2.61. The third-order valence-electron chi connectivity index (χ3n) is 4.18. The molecule has 1 aromatic carbocycles. The topological polar surface area (TPSA) is 84.8 Å². The molecule has 0 amide bonds. The maximum atomic E-state index is 12.0. The summed E-state index contributed by atoms with van der Waals surface area (Å²) < 4.78 is 10.8. The minimum Gasteiger partial charge on any atom is -0.494 e. The van der Waals surface area contributed by atoms with Gasteiger partial charge in [0.2, 0.25) is 0 Å². The molecule has 2 rings (SSSR count). The fourth-order valence-electron chi connectivity index (χ4n) is 2.69. The molecule has 0 saturated carbocycles. The van der Waals surface area contributed by atoms with Crippen molar-refractivity contribution in [3.8, 4) is 5.75 Å². The second kappa shape index (κ2) is 12.8. The van der Waals surface area contributed by atoms with Gasteiger partial charge in [-0.05, 0) is 52.7 Å². The molecule has 1 atom stereocenters. The molecule has 0 spiro atoms. The summed E-state index contributed by atoms with van der Waals surface area (Å²) in [5.41, 5.74) is 0.697. The monoisotopic (exact) mass is 432 g/mol. The highest BCUT2D eigenvalue weighted by Crippen LogP contribution is 2.24. The number of carbonyl (C=O) groups excluding carboxylic acids is 1. The molecule has 1 aromatic heterocycles. The first-order valence-electron chi connectivity index (χ1n) is 10.4. The molecule has 0 aliphatic carbocycles. The van der Waals surface area contributed by atoms with Crippen LogP contribution in [0, 0.1) is 6.92 Å². The fourth-order valence-corrected chi connectivity index (χ4v) is 3.65. The van der Waals surface area contributed by atoms with Gasteiger partial charge in [-0.25, -0.2) is 9.78 Å². The molecule has 0 aliphatic heterocycles. The Kier molecular flexibility index (Phi) is 10.1. The lowest BCUT2D eigenvalue weighted by atomic mass is 10.3. The lowest BCUT2D eigenvalue weighted by molar-refractivity contribution is 0.0531. The van der Waals surface area contributed by atoms with Crippen LogP contribution in [0.2, 0.25) is 0 Å². The minimum atomic E-state index is -0.316. The Bertz CT molecular complexity index is 808. The van der Waals surface area contributed by atoms with Gasteiger partial charge in [-0.1, -0.05) is 18.2 Å². The molecule has 2 aromatic rings. The quantitative estimate of drug-likeness (QED) is 0.241. The van der Waals surface area contributed by atoms with E-state index in [9.17, 15) is 4.79 Å². The zero-order valence-electron chi connectivity index (χ0n) is 18.2. The molecule has 7 nitrogen and oxygen atoms in total. The third-order valence-corrected chi connectivity index (χ3v) is 5.50. The van der Waals surface area contributed by atoms with Crippen molar-refractivity contribution in [2.24, 2.45) is 4.99 Å². The Labute approximate surface area is 182 Å². The number of unbranched alkanes of at least 4 members (excludes halogenated alkanes) is 1. The highest BCUT2D eigenvalue weighted by atomic mass is 32.1. The highest BCUT2D eigenvalue weighted by Gasteiger charge is 2.20. The maximum absolute atomic E-state index is 12.0. The summed E-state index contributed by atoms with van der Waals surface area (Å²) in [6, 6.07) is 9.75. The molecule has 30 heavy (non-hydrogen) atoms. The lowest BCUT2D eigenvalue weighted by Crippen LogP contribution is -2.38. The number of aromatic nitrogens is 1. The van der Waals surface area contributed by atoms with Crippen LogP contribution >= 0.6 is 11.3 Å². The first-order chi connectivity index (χ1) is 14.5. The molecule has 1 unspecified atom stereocenters. The summed E-state index contributed by atoms with van der Waals surface area (Å²) in [6.45, 7) is 10.2. The Morgan fingerprint density at radius 2 is 2.00 bits per heavy atom. The smallest absolute Gasteiger partial charge is 0.350 e. The molecular formula is C22H32N4O3S. The summed E-state index contributed by atoms with van der Waals surface area (Å²) in [4.78, 5) is 21.8. The van der Waals surface area contributed by atoms with E-state index in [1.807, 2.05) is 51.1 Å². The summed E-state index contributed by atoms with van der Waals surface area (Å²) in [6.07, 6.45) is 1.86. The number of benzene rings is 1. The van der Waals surface area contributed by atoms with Gasteiger partial charge >= 0.3 is 5.97 Å². The second-order valence-electron chi connectivity index (χ2n) is 6.68. The number of carbonyl (C=O) groups is 1. The van der Waals surface area contributed by atoms with Gasteiger partial charge < -0.3 is 20.1 Å². The van der Waals surface area contributed by atoms with Gasteiger partial charge in [-0.3, -0.25) is 4.99 Å². The van der Waals surface area contributed by atoms with Crippen molar-refractivity contribution >= 4 is 23.3 Å². The van der Waals surface area contributed by atoms with Crippen LogP contribution in [0.1, 0.15) is 60.0 Å². The van der Waals surface area contributed by atoms with Gasteiger partial charge in [0.1, 0.15) is 15.6 Å². The molecule has 0 bridgehead atoms.